The highest BCUT2D eigenvalue weighted by Gasteiger charge is 2.29. The Morgan fingerprint density at radius 1 is 1.05 bits per heavy atom. The molecule has 0 saturated carbocycles. The number of hydrogen-bond donors (Lipinski definition) is 0. The van der Waals surface area contributed by atoms with Gasteiger partial charge in [-0.2, -0.15) is 15.0 Å². The molecule has 1 aliphatic heterocycles. The lowest BCUT2D eigenvalue weighted by atomic mass is 10.0. The zero-order valence-electron chi connectivity index (χ0n) is 12.1. The third kappa shape index (κ3) is 2.15. The van der Waals surface area contributed by atoms with Gasteiger partial charge in [0.1, 0.15) is 0 Å². The van der Waals surface area contributed by atoms with E-state index in [1.165, 1.54) is 0 Å². The zero-order chi connectivity index (χ0) is 14.9. The van der Waals surface area contributed by atoms with Crippen LogP contribution in [0.5, 0.6) is 0 Å². The highest BCUT2D eigenvalue weighted by molar-refractivity contribution is 6.07. The zero-order valence-corrected chi connectivity index (χ0v) is 12.1. The van der Waals surface area contributed by atoms with Gasteiger partial charge in [0.2, 0.25) is 0 Å². The second-order valence-corrected chi connectivity index (χ2v) is 5.57. The number of carbonyl (C=O) groups is 1. The highest BCUT2D eigenvalue weighted by Crippen LogP contribution is 2.25. The predicted octanol–water partition coefficient (Wildman–Crippen LogP) is 2.52. The lowest BCUT2D eigenvalue weighted by molar-refractivity contribution is 0.0788. The Morgan fingerprint density at radius 2 is 1.82 bits per heavy atom. The largest absolute Gasteiger partial charge is 0.336 e. The third-order valence-corrected chi connectivity index (χ3v) is 4.23. The fourth-order valence-corrected chi connectivity index (χ4v) is 3.11. The van der Waals surface area contributed by atoms with Crippen molar-refractivity contribution >= 4 is 16.7 Å². The Hall–Kier alpha value is -2.69. The van der Waals surface area contributed by atoms with E-state index in [1.54, 1.807) is 17.2 Å². The number of rotatable bonds is 2. The second-order valence-electron chi connectivity index (χ2n) is 5.57. The summed E-state index contributed by atoms with van der Waals surface area (Å²) in [5.74, 6) is 0.0893. The number of aromatic nitrogens is 3. The van der Waals surface area contributed by atoms with Crippen LogP contribution in [-0.2, 0) is 0 Å². The van der Waals surface area contributed by atoms with Gasteiger partial charge in [0.15, 0.2) is 0 Å². The SMILES string of the molecule is O=C(c1cccc2ccccc12)N1CCC(n2nccn2)C1. The van der Waals surface area contributed by atoms with Crippen LogP contribution in [0.1, 0.15) is 22.8 Å². The summed E-state index contributed by atoms with van der Waals surface area (Å²) in [6.07, 6.45) is 4.25. The second kappa shape index (κ2) is 5.26. The molecule has 5 heteroatoms. The average molecular weight is 292 g/mol. The van der Waals surface area contributed by atoms with E-state index in [-0.39, 0.29) is 11.9 Å². The number of benzene rings is 2. The summed E-state index contributed by atoms with van der Waals surface area (Å²) < 4.78 is 0. The standard InChI is InChI=1S/C17H16N4O/c22-17(16-7-3-5-13-4-1-2-6-15(13)16)20-11-8-14(12-20)21-18-9-10-19-21/h1-7,9-10,14H,8,11-12H2. The molecule has 1 aliphatic rings. The number of likely N-dealkylation sites (tertiary alicyclic amines) is 1. The van der Waals surface area contributed by atoms with Crippen molar-refractivity contribution in [3.63, 3.8) is 0 Å². The molecule has 1 unspecified atom stereocenters. The van der Waals surface area contributed by atoms with Gasteiger partial charge in [0.25, 0.3) is 5.91 Å². The normalized spacial score (nSPS) is 18.0. The minimum absolute atomic E-state index is 0.0893. The van der Waals surface area contributed by atoms with Gasteiger partial charge in [-0.1, -0.05) is 36.4 Å². The van der Waals surface area contributed by atoms with E-state index in [4.69, 9.17) is 0 Å². The summed E-state index contributed by atoms with van der Waals surface area (Å²) in [5.41, 5.74) is 0.771. The fraction of sp³-hybridized carbons (Fsp3) is 0.235. The van der Waals surface area contributed by atoms with E-state index in [0.29, 0.717) is 6.54 Å². The van der Waals surface area contributed by atoms with Crippen LogP contribution in [0.4, 0.5) is 0 Å². The Balaban J connectivity index is 1.62. The number of hydrogen-bond acceptors (Lipinski definition) is 3. The van der Waals surface area contributed by atoms with Crippen molar-refractivity contribution in [3.8, 4) is 0 Å². The van der Waals surface area contributed by atoms with Crippen molar-refractivity contribution in [2.45, 2.75) is 12.5 Å². The number of carbonyl (C=O) groups excluding carboxylic acids is 1. The molecule has 1 amide bonds. The lowest BCUT2D eigenvalue weighted by Crippen LogP contribution is -2.29. The lowest BCUT2D eigenvalue weighted by Gasteiger charge is -2.17. The Morgan fingerprint density at radius 3 is 2.68 bits per heavy atom. The van der Waals surface area contributed by atoms with Gasteiger partial charge in [-0.3, -0.25) is 4.79 Å². The summed E-state index contributed by atoms with van der Waals surface area (Å²) in [7, 11) is 0. The van der Waals surface area contributed by atoms with Gasteiger partial charge in [-0.15, -0.1) is 0 Å². The van der Waals surface area contributed by atoms with Crippen LogP contribution in [0.15, 0.2) is 54.9 Å². The molecule has 1 fully saturated rings. The van der Waals surface area contributed by atoms with E-state index >= 15 is 0 Å². The number of amides is 1. The Kier molecular flexibility index (Phi) is 3.11. The summed E-state index contributed by atoms with van der Waals surface area (Å²) in [6, 6.07) is 14.1. The van der Waals surface area contributed by atoms with Crippen LogP contribution in [-0.4, -0.2) is 38.9 Å². The van der Waals surface area contributed by atoms with Crippen LogP contribution in [0.25, 0.3) is 10.8 Å². The predicted molar refractivity (Wildman–Crippen MR) is 83.5 cm³/mol. The monoisotopic (exact) mass is 292 g/mol. The average Bonchev–Trinajstić information content (AvgIpc) is 3.24. The first kappa shape index (κ1) is 13.0. The molecule has 1 atom stereocenters. The van der Waals surface area contributed by atoms with E-state index < -0.39 is 0 Å². The molecule has 3 aromatic rings. The first-order chi connectivity index (χ1) is 10.8. The molecule has 1 saturated heterocycles. The van der Waals surface area contributed by atoms with Gasteiger partial charge >= 0.3 is 0 Å². The maximum atomic E-state index is 12.9. The summed E-state index contributed by atoms with van der Waals surface area (Å²) in [4.78, 5) is 16.5. The van der Waals surface area contributed by atoms with E-state index in [2.05, 4.69) is 10.2 Å². The van der Waals surface area contributed by atoms with Crippen molar-refractivity contribution in [1.29, 1.82) is 0 Å². The molecule has 1 aromatic heterocycles. The van der Waals surface area contributed by atoms with E-state index in [0.717, 1.165) is 29.3 Å². The molecule has 5 nitrogen and oxygen atoms in total. The quantitative estimate of drug-likeness (QED) is 0.729. The van der Waals surface area contributed by atoms with Crippen molar-refractivity contribution in [2.24, 2.45) is 0 Å². The topological polar surface area (TPSA) is 51.0 Å². The molecule has 0 aliphatic carbocycles. The molecule has 0 spiro atoms. The molecule has 2 heterocycles. The minimum Gasteiger partial charge on any atom is -0.336 e. The third-order valence-electron chi connectivity index (χ3n) is 4.23. The maximum absolute atomic E-state index is 12.9. The smallest absolute Gasteiger partial charge is 0.254 e. The van der Waals surface area contributed by atoms with Crippen LogP contribution in [0.2, 0.25) is 0 Å². The van der Waals surface area contributed by atoms with Gasteiger partial charge in [-0.05, 0) is 23.3 Å². The molecule has 110 valence electrons. The van der Waals surface area contributed by atoms with Crippen molar-refractivity contribution in [1.82, 2.24) is 19.9 Å². The molecule has 0 radical (unpaired) electrons. The van der Waals surface area contributed by atoms with Crippen molar-refractivity contribution in [3.05, 3.63) is 60.4 Å². The van der Waals surface area contributed by atoms with Crippen LogP contribution in [0.3, 0.4) is 0 Å². The first-order valence-electron chi connectivity index (χ1n) is 7.46. The molecular weight excluding hydrogens is 276 g/mol. The maximum Gasteiger partial charge on any atom is 0.254 e. The summed E-state index contributed by atoms with van der Waals surface area (Å²) >= 11 is 0. The summed E-state index contributed by atoms with van der Waals surface area (Å²) in [5, 5.41) is 10.5. The van der Waals surface area contributed by atoms with Crippen LogP contribution < -0.4 is 0 Å². The molecule has 4 rings (SSSR count). The minimum atomic E-state index is 0.0893. The number of nitrogens with zero attached hydrogens (tertiary/aromatic N) is 4. The fourth-order valence-electron chi connectivity index (χ4n) is 3.11. The Labute approximate surface area is 128 Å². The molecular formula is C17H16N4O. The van der Waals surface area contributed by atoms with E-state index in [1.807, 2.05) is 47.4 Å². The van der Waals surface area contributed by atoms with Gasteiger partial charge in [0, 0.05) is 18.7 Å². The van der Waals surface area contributed by atoms with Crippen LogP contribution in [0, 0.1) is 0 Å². The van der Waals surface area contributed by atoms with Gasteiger partial charge in [0.05, 0.1) is 18.4 Å². The molecule has 2 aromatic carbocycles. The molecule has 22 heavy (non-hydrogen) atoms. The molecule has 0 N–H and O–H groups in total. The van der Waals surface area contributed by atoms with Crippen molar-refractivity contribution < 1.29 is 4.79 Å². The van der Waals surface area contributed by atoms with Crippen LogP contribution >= 0.6 is 0 Å². The Bertz CT molecular complexity index is 807. The summed E-state index contributed by atoms with van der Waals surface area (Å²) in [6.45, 7) is 1.41. The van der Waals surface area contributed by atoms with E-state index in [9.17, 15) is 4.79 Å². The number of fused-ring (bicyclic) bond motifs is 1. The highest BCUT2D eigenvalue weighted by atomic mass is 16.2. The molecule has 0 bridgehead atoms. The first-order valence-corrected chi connectivity index (χ1v) is 7.46. The van der Waals surface area contributed by atoms with Gasteiger partial charge < -0.3 is 4.90 Å². The van der Waals surface area contributed by atoms with Crippen molar-refractivity contribution in [2.75, 3.05) is 13.1 Å². The van der Waals surface area contributed by atoms with Gasteiger partial charge in [-0.25, -0.2) is 0 Å².